The van der Waals surface area contributed by atoms with E-state index in [-0.39, 0.29) is 17.0 Å². The molecule has 0 aliphatic heterocycles. The summed E-state index contributed by atoms with van der Waals surface area (Å²) in [4.78, 5) is 0.0646. The number of halogens is 4. The highest BCUT2D eigenvalue weighted by molar-refractivity contribution is 7.80. The number of nitrogens with two attached hydrogens (primary N) is 1. The lowest BCUT2D eigenvalue weighted by molar-refractivity contribution is -0.140. The molecule has 15 heavy (non-hydrogen) atoms. The van der Waals surface area contributed by atoms with Crippen molar-refractivity contribution in [3.63, 3.8) is 0 Å². The lowest BCUT2D eigenvalue weighted by Crippen LogP contribution is -2.13. The first-order valence-corrected chi connectivity index (χ1v) is 4.35. The van der Waals surface area contributed by atoms with Crippen molar-refractivity contribution in [2.24, 2.45) is 5.73 Å². The molecule has 0 radical (unpaired) electrons. The molecule has 1 nitrogen and oxygen atoms in total. The van der Waals surface area contributed by atoms with E-state index in [1.807, 2.05) is 0 Å². The molecule has 82 valence electrons. The van der Waals surface area contributed by atoms with Crippen LogP contribution in [0, 0.1) is 5.82 Å². The molecule has 0 spiro atoms. The van der Waals surface area contributed by atoms with E-state index in [9.17, 15) is 17.6 Å². The number of hydrogen-bond donors (Lipinski definition) is 1. The molecule has 0 heterocycles. The van der Waals surface area contributed by atoms with Crippen molar-refractivity contribution in [3.8, 4) is 0 Å². The van der Waals surface area contributed by atoms with Crippen LogP contribution in [0.5, 0.6) is 0 Å². The van der Waals surface area contributed by atoms with Crippen LogP contribution < -0.4 is 5.73 Å². The summed E-state index contributed by atoms with van der Waals surface area (Å²) in [6.07, 6.45) is -4.67. The van der Waals surface area contributed by atoms with Crippen LogP contribution >= 0.6 is 12.2 Å². The summed E-state index contributed by atoms with van der Waals surface area (Å²) in [5, 5.41) is 0. The molecule has 1 aromatic rings. The maximum absolute atomic E-state index is 12.8. The monoisotopic (exact) mass is 237 g/mol. The van der Waals surface area contributed by atoms with E-state index >= 15 is 0 Å². The zero-order valence-electron chi connectivity index (χ0n) is 7.44. The summed E-state index contributed by atoms with van der Waals surface area (Å²) in [6.45, 7) is 0. The first kappa shape index (κ1) is 11.9. The molecule has 0 saturated carbocycles. The number of benzene rings is 1. The first-order valence-electron chi connectivity index (χ1n) is 3.94. The van der Waals surface area contributed by atoms with E-state index in [1.54, 1.807) is 0 Å². The van der Waals surface area contributed by atoms with E-state index < -0.39 is 17.6 Å². The SMILES string of the molecule is NC(=S)Cc1ccc(F)c(C(F)(F)F)c1. The lowest BCUT2D eigenvalue weighted by Gasteiger charge is -2.09. The van der Waals surface area contributed by atoms with E-state index in [1.165, 1.54) is 6.07 Å². The second kappa shape index (κ2) is 4.14. The first-order chi connectivity index (χ1) is 6.80. The molecule has 1 aromatic carbocycles. The molecule has 0 aliphatic carbocycles. The average molecular weight is 237 g/mol. The van der Waals surface area contributed by atoms with Crippen molar-refractivity contribution in [3.05, 3.63) is 35.1 Å². The Labute approximate surface area is 88.9 Å². The van der Waals surface area contributed by atoms with Gasteiger partial charge in [-0.1, -0.05) is 18.3 Å². The molecule has 0 aliphatic rings. The molecule has 2 N–H and O–H groups in total. The molecule has 0 saturated heterocycles. The minimum Gasteiger partial charge on any atom is -0.393 e. The van der Waals surface area contributed by atoms with Gasteiger partial charge in [0, 0.05) is 6.42 Å². The summed E-state index contributed by atoms with van der Waals surface area (Å²) in [5.41, 5.74) is 4.13. The standard InChI is InChI=1S/C9H7F4NS/c10-7-2-1-5(4-8(14)15)3-6(7)9(11,12)13/h1-3H,4H2,(H2,14,15). The van der Waals surface area contributed by atoms with Crippen LogP contribution in [0.3, 0.4) is 0 Å². The molecule has 1 rings (SSSR count). The average Bonchev–Trinajstić information content (AvgIpc) is 2.05. The maximum atomic E-state index is 12.8. The van der Waals surface area contributed by atoms with Crippen LogP contribution in [0.15, 0.2) is 18.2 Å². The van der Waals surface area contributed by atoms with Gasteiger partial charge in [0.25, 0.3) is 0 Å². The highest BCUT2D eigenvalue weighted by Gasteiger charge is 2.34. The summed E-state index contributed by atoms with van der Waals surface area (Å²) in [6, 6.07) is 2.70. The zero-order valence-corrected chi connectivity index (χ0v) is 8.25. The van der Waals surface area contributed by atoms with Gasteiger partial charge in [0.05, 0.1) is 10.6 Å². The fourth-order valence-corrected chi connectivity index (χ4v) is 1.27. The Hall–Kier alpha value is -1.17. The van der Waals surface area contributed by atoms with Gasteiger partial charge < -0.3 is 5.73 Å². The Balaban J connectivity index is 3.11. The molecular weight excluding hydrogens is 230 g/mol. The molecular formula is C9H7F4NS. The van der Waals surface area contributed by atoms with Gasteiger partial charge in [0.2, 0.25) is 0 Å². The van der Waals surface area contributed by atoms with Crippen LogP contribution in [-0.4, -0.2) is 4.99 Å². The minimum absolute atomic E-state index is 0.0265. The lowest BCUT2D eigenvalue weighted by atomic mass is 10.1. The van der Waals surface area contributed by atoms with Crippen molar-refractivity contribution in [1.29, 1.82) is 0 Å². The largest absolute Gasteiger partial charge is 0.419 e. The van der Waals surface area contributed by atoms with Crippen LogP contribution in [0.1, 0.15) is 11.1 Å². The van der Waals surface area contributed by atoms with Gasteiger partial charge in [-0.25, -0.2) is 4.39 Å². The van der Waals surface area contributed by atoms with Gasteiger partial charge in [-0.15, -0.1) is 0 Å². The Morgan fingerprint density at radius 1 is 1.33 bits per heavy atom. The van der Waals surface area contributed by atoms with Crippen molar-refractivity contribution in [2.75, 3.05) is 0 Å². The fourth-order valence-electron chi connectivity index (χ4n) is 1.10. The Morgan fingerprint density at radius 2 is 1.93 bits per heavy atom. The van der Waals surface area contributed by atoms with E-state index in [4.69, 9.17) is 5.73 Å². The van der Waals surface area contributed by atoms with Gasteiger partial charge in [0.15, 0.2) is 0 Å². The van der Waals surface area contributed by atoms with Crippen LogP contribution in [0.4, 0.5) is 17.6 Å². The van der Waals surface area contributed by atoms with E-state index in [0.717, 1.165) is 6.07 Å². The topological polar surface area (TPSA) is 26.0 Å². The smallest absolute Gasteiger partial charge is 0.393 e. The third-order valence-electron chi connectivity index (χ3n) is 1.71. The van der Waals surface area contributed by atoms with Crippen LogP contribution in [0.25, 0.3) is 0 Å². The molecule has 0 unspecified atom stereocenters. The predicted molar refractivity (Wildman–Crippen MR) is 51.9 cm³/mol. The molecule has 0 aromatic heterocycles. The van der Waals surface area contributed by atoms with E-state index in [2.05, 4.69) is 12.2 Å². The highest BCUT2D eigenvalue weighted by atomic mass is 32.1. The predicted octanol–water partition coefficient (Wildman–Crippen LogP) is 2.67. The minimum atomic E-state index is -4.70. The summed E-state index contributed by atoms with van der Waals surface area (Å²) < 4.78 is 49.6. The number of rotatable bonds is 2. The van der Waals surface area contributed by atoms with Crippen molar-refractivity contribution in [2.45, 2.75) is 12.6 Å². The quantitative estimate of drug-likeness (QED) is 0.632. The molecule has 0 bridgehead atoms. The van der Waals surface area contributed by atoms with Gasteiger partial charge >= 0.3 is 6.18 Å². The van der Waals surface area contributed by atoms with Gasteiger partial charge in [0.1, 0.15) is 5.82 Å². The summed E-state index contributed by atoms with van der Waals surface area (Å²) >= 11 is 4.55. The molecule has 0 atom stereocenters. The Bertz CT molecular complexity index is 386. The normalized spacial score (nSPS) is 11.5. The number of thiocarbonyl (C=S) groups is 1. The molecule has 0 fully saturated rings. The van der Waals surface area contributed by atoms with Crippen LogP contribution in [0.2, 0.25) is 0 Å². The third-order valence-corrected chi connectivity index (χ3v) is 1.86. The van der Waals surface area contributed by atoms with Crippen LogP contribution in [-0.2, 0) is 12.6 Å². The second-order valence-corrected chi connectivity index (χ2v) is 3.48. The fraction of sp³-hybridized carbons (Fsp3) is 0.222. The summed E-state index contributed by atoms with van der Waals surface area (Å²) in [7, 11) is 0. The highest BCUT2D eigenvalue weighted by Crippen LogP contribution is 2.31. The van der Waals surface area contributed by atoms with Crippen molar-refractivity contribution >= 4 is 17.2 Å². The Morgan fingerprint density at radius 3 is 2.40 bits per heavy atom. The van der Waals surface area contributed by atoms with E-state index in [0.29, 0.717) is 6.07 Å². The van der Waals surface area contributed by atoms with Gasteiger partial charge in [-0.3, -0.25) is 0 Å². The van der Waals surface area contributed by atoms with Crippen molar-refractivity contribution < 1.29 is 17.6 Å². The molecule has 6 heteroatoms. The molecule has 0 amide bonds. The van der Waals surface area contributed by atoms with Crippen molar-refractivity contribution in [1.82, 2.24) is 0 Å². The maximum Gasteiger partial charge on any atom is 0.419 e. The zero-order chi connectivity index (χ0) is 11.6. The van der Waals surface area contributed by atoms with Gasteiger partial charge in [-0.2, -0.15) is 13.2 Å². The third kappa shape index (κ3) is 3.16. The number of hydrogen-bond acceptors (Lipinski definition) is 1. The summed E-state index contributed by atoms with van der Waals surface area (Å²) in [5.74, 6) is -1.30. The second-order valence-electron chi connectivity index (χ2n) is 2.96. The van der Waals surface area contributed by atoms with Gasteiger partial charge in [-0.05, 0) is 17.7 Å². The number of alkyl halides is 3. The Kier molecular flexibility index (Phi) is 3.28.